The van der Waals surface area contributed by atoms with Gasteiger partial charge in [-0.1, -0.05) is 0 Å². The molecule has 0 radical (unpaired) electrons. The van der Waals surface area contributed by atoms with E-state index >= 15 is 0 Å². The van der Waals surface area contributed by atoms with E-state index in [1.54, 1.807) is 0 Å². The molecule has 14 heavy (non-hydrogen) atoms. The van der Waals surface area contributed by atoms with Crippen molar-refractivity contribution in [3.63, 3.8) is 0 Å². The van der Waals surface area contributed by atoms with E-state index in [-0.39, 0.29) is 0 Å². The molecule has 1 N–H and O–H groups in total. The van der Waals surface area contributed by atoms with Crippen molar-refractivity contribution in [1.82, 2.24) is 15.1 Å². The second-order valence-electron chi connectivity index (χ2n) is 3.46. The average Bonchev–Trinajstić information content (AvgIpc) is 2.58. The lowest BCUT2D eigenvalue weighted by atomic mass is 10.3. The molecule has 1 atom stereocenters. The topological polar surface area (TPSA) is 39.1 Å². The molecular weight excluding hydrogens is 178 g/mol. The van der Waals surface area contributed by atoms with Gasteiger partial charge in [0, 0.05) is 38.0 Å². The summed E-state index contributed by atoms with van der Waals surface area (Å²) in [4.78, 5) is 0. The molecule has 0 bridgehead atoms. The zero-order chi connectivity index (χ0) is 10.4. The number of aromatic nitrogens is 2. The van der Waals surface area contributed by atoms with Crippen molar-refractivity contribution in [2.24, 2.45) is 7.05 Å². The largest absolute Gasteiger partial charge is 0.380 e. The van der Waals surface area contributed by atoms with Crippen molar-refractivity contribution < 1.29 is 4.74 Å². The molecule has 0 spiro atoms. The maximum atomic E-state index is 5.31. The summed E-state index contributed by atoms with van der Waals surface area (Å²) in [5.41, 5.74) is 1.20. The van der Waals surface area contributed by atoms with Crippen LogP contribution in [0.1, 0.15) is 19.4 Å². The van der Waals surface area contributed by atoms with Gasteiger partial charge >= 0.3 is 0 Å². The summed E-state index contributed by atoms with van der Waals surface area (Å²) in [5.74, 6) is 0. The molecule has 0 saturated carbocycles. The van der Waals surface area contributed by atoms with Crippen LogP contribution in [0.5, 0.6) is 0 Å². The van der Waals surface area contributed by atoms with Gasteiger partial charge in [-0.15, -0.1) is 0 Å². The second kappa shape index (κ2) is 5.78. The number of rotatable bonds is 6. The van der Waals surface area contributed by atoms with Gasteiger partial charge in [-0.25, -0.2) is 0 Å². The van der Waals surface area contributed by atoms with Crippen molar-refractivity contribution in [3.8, 4) is 0 Å². The van der Waals surface area contributed by atoms with E-state index in [0.29, 0.717) is 6.04 Å². The van der Waals surface area contributed by atoms with Gasteiger partial charge in [0.25, 0.3) is 0 Å². The average molecular weight is 197 g/mol. The number of aryl methyl sites for hydroxylation is 1. The summed E-state index contributed by atoms with van der Waals surface area (Å²) in [7, 11) is 1.92. The molecule has 1 aromatic rings. The predicted octanol–water partition coefficient (Wildman–Crippen LogP) is 0.935. The Morgan fingerprint density at radius 1 is 1.64 bits per heavy atom. The second-order valence-corrected chi connectivity index (χ2v) is 3.46. The van der Waals surface area contributed by atoms with Crippen molar-refractivity contribution >= 4 is 0 Å². The van der Waals surface area contributed by atoms with Crippen LogP contribution in [0.15, 0.2) is 12.4 Å². The molecule has 1 rings (SSSR count). The quantitative estimate of drug-likeness (QED) is 0.737. The Morgan fingerprint density at radius 2 is 2.43 bits per heavy atom. The Bertz CT molecular complexity index is 260. The minimum atomic E-state index is 0.384. The van der Waals surface area contributed by atoms with E-state index in [1.165, 1.54) is 5.56 Å². The lowest BCUT2D eigenvalue weighted by Gasteiger charge is -2.12. The van der Waals surface area contributed by atoms with E-state index in [1.807, 2.05) is 31.0 Å². The minimum Gasteiger partial charge on any atom is -0.380 e. The molecule has 4 nitrogen and oxygen atoms in total. The van der Waals surface area contributed by atoms with Crippen LogP contribution in [0.3, 0.4) is 0 Å². The molecule has 1 aromatic heterocycles. The fraction of sp³-hybridized carbons (Fsp3) is 0.700. The van der Waals surface area contributed by atoms with E-state index in [2.05, 4.69) is 17.3 Å². The van der Waals surface area contributed by atoms with Gasteiger partial charge in [-0.05, 0) is 13.8 Å². The van der Waals surface area contributed by atoms with Crippen LogP contribution in [0.2, 0.25) is 0 Å². The molecule has 0 aliphatic carbocycles. The van der Waals surface area contributed by atoms with Crippen LogP contribution in [-0.4, -0.2) is 29.0 Å². The molecule has 80 valence electrons. The van der Waals surface area contributed by atoms with Gasteiger partial charge in [0.1, 0.15) is 0 Å². The molecular formula is C10H19N3O. The molecule has 0 saturated heterocycles. The number of hydrogen-bond acceptors (Lipinski definition) is 3. The molecule has 4 heteroatoms. The van der Waals surface area contributed by atoms with Gasteiger partial charge in [-0.2, -0.15) is 5.10 Å². The number of hydrogen-bond donors (Lipinski definition) is 1. The van der Waals surface area contributed by atoms with Crippen molar-refractivity contribution in [3.05, 3.63) is 18.0 Å². The zero-order valence-electron chi connectivity index (χ0n) is 9.16. The SMILES string of the molecule is CCOCC(C)NCc1cnn(C)c1. The molecule has 1 heterocycles. The van der Waals surface area contributed by atoms with Gasteiger partial charge in [-0.3, -0.25) is 4.68 Å². The monoisotopic (exact) mass is 197 g/mol. The van der Waals surface area contributed by atoms with Gasteiger partial charge in [0.2, 0.25) is 0 Å². The number of nitrogens with zero attached hydrogens (tertiary/aromatic N) is 2. The molecule has 0 aliphatic heterocycles. The first kappa shape index (κ1) is 11.2. The lowest BCUT2D eigenvalue weighted by molar-refractivity contribution is 0.127. The molecule has 0 fully saturated rings. The predicted molar refractivity (Wildman–Crippen MR) is 56.0 cm³/mol. The smallest absolute Gasteiger partial charge is 0.0616 e. The molecule has 1 unspecified atom stereocenters. The Hall–Kier alpha value is -0.870. The first-order valence-electron chi connectivity index (χ1n) is 5.01. The normalized spacial score (nSPS) is 13.1. The third kappa shape index (κ3) is 3.89. The zero-order valence-corrected chi connectivity index (χ0v) is 9.16. The van der Waals surface area contributed by atoms with Gasteiger partial charge in [0.15, 0.2) is 0 Å². The van der Waals surface area contributed by atoms with E-state index in [0.717, 1.165) is 19.8 Å². The van der Waals surface area contributed by atoms with Crippen molar-refractivity contribution in [2.45, 2.75) is 26.4 Å². The molecule has 0 aromatic carbocycles. The Kier molecular flexibility index (Phi) is 4.62. The van der Waals surface area contributed by atoms with E-state index < -0.39 is 0 Å². The van der Waals surface area contributed by atoms with Crippen LogP contribution in [0, 0.1) is 0 Å². The summed E-state index contributed by atoms with van der Waals surface area (Å²) in [6.07, 6.45) is 3.89. The Labute approximate surface area is 85.3 Å². The van der Waals surface area contributed by atoms with E-state index in [9.17, 15) is 0 Å². The summed E-state index contributed by atoms with van der Waals surface area (Å²) in [6.45, 7) is 6.51. The first-order chi connectivity index (χ1) is 6.72. The first-order valence-corrected chi connectivity index (χ1v) is 5.01. The van der Waals surface area contributed by atoms with Crippen LogP contribution >= 0.6 is 0 Å². The number of nitrogens with one attached hydrogen (secondary N) is 1. The minimum absolute atomic E-state index is 0.384. The molecule has 0 aliphatic rings. The van der Waals surface area contributed by atoms with Gasteiger partial charge < -0.3 is 10.1 Å². The Balaban J connectivity index is 2.20. The Morgan fingerprint density at radius 3 is 3.00 bits per heavy atom. The van der Waals surface area contributed by atoms with Crippen molar-refractivity contribution in [2.75, 3.05) is 13.2 Å². The van der Waals surface area contributed by atoms with Crippen molar-refractivity contribution in [1.29, 1.82) is 0 Å². The van der Waals surface area contributed by atoms with E-state index in [4.69, 9.17) is 4.74 Å². The van der Waals surface area contributed by atoms with Gasteiger partial charge in [0.05, 0.1) is 12.8 Å². The fourth-order valence-electron chi connectivity index (χ4n) is 1.21. The maximum Gasteiger partial charge on any atom is 0.0616 e. The third-order valence-electron chi connectivity index (χ3n) is 1.98. The highest BCUT2D eigenvalue weighted by atomic mass is 16.5. The summed E-state index contributed by atoms with van der Waals surface area (Å²) in [6, 6.07) is 0.384. The molecule has 0 amide bonds. The van der Waals surface area contributed by atoms with Crippen LogP contribution in [0.4, 0.5) is 0 Å². The van der Waals surface area contributed by atoms with Crippen LogP contribution < -0.4 is 5.32 Å². The highest BCUT2D eigenvalue weighted by Gasteiger charge is 2.01. The summed E-state index contributed by atoms with van der Waals surface area (Å²) < 4.78 is 7.12. The van der Waals surface area contributed by atoms with Crippen LogP contribution in [-0.2, 0) is 18.3 Å². The highest BCUT2D eigenvalue weighted by molar-refractivity contribution is 5.02. The highest BCUT2D eigenvalue weighted by Crippen LogP contribution is 1.96. The fourth-order valence-corrected chi connectivity index (χ4v) is 1.21. The standard InChI is InChI=1S/C10H19N3O/c1-4-14-8-9(2)11-5-10-6-12-13(3)7-10/h6-7,9,11H,4-5,8H2,1-3H3. The maximum absolute atomic E-state index is 5.31. The van der Waals surface area contributed by atoms with Crippen LogP contribution in [0.25, 0.3) is 0 Å². The summed E-state index contributed by atoms with van der Waals surface area (Å²) >= 11 is 0. The third-order valence-corrected chi connectivity index (χ3v) is 1.98. The number of ether oxygens (including phenoxy) is 1. The summed E-state index contributed by atoms with van der Waals surface area (Å²) in [5, 5.41) is 7.47. The lowest BCUT2D eigenvalue weighted by Crippen LogP contribution is -2.29.